The van der Waals surface area contributed by atoms with Gasteiger partial charge < -0.3 is 14.7 Å². The van der Waals surface area contributed by atoms with Gasteiger partial charge >= 0.3 is 0 Å². The van der Waals surface area contributed by atoms with Crippen LogP contribution in [-0.4, -0.2) is 67.4 Å². The van der Waals surface area contributed by atoms with Crippen molar-refractivity contribution in [3.63, 3.8) is 0 Å². The van der Waals surface area contributed by atoms with E-state index in [2.05, 4.69) is 16.8 Å². The molecule has 2 rings (SSSR count). The Kier molecular flexibility index (Phi) is 9.99. The molecular formula is C15H26Cl2N2O2. The number of nitrogens with zero attached hydrogens (tertiary/aromatic N) is 2. The second-order valence-corrected chi connectivity index (χ2v) is 5.38. The standard InChI is InChI=1S/C15H24N2O2.2ClH/c1-13-3-5-15(6-4-13)19-12-14(18)11-17-9-7-16(2)8-10-17;;/h3-6,14,18H,7-12H2,1-2H3;2*1H. The minimum atomic E-state index is -0.426. The van der Waals surface area contributed by atoms with Crippen LogP contribution in [-0.2, 0) is 0 Å². The Morgan fingerprint density at radius 2 is 1.67 bits per heavy atom. The zero-order chi connectivity index (χ0) is 13.7. The first-order valence-electron chi connectivity index (χ1n) is 6.92. The van der Waals surface area contributed by atoms with Crippen molar-refractivity contribution in [1.29, 1.82) is 0 Å². The number of hydrogen-bond donors (Lipinski definition) is 1. The van der Waals surface area contributed by atoms with Crippen molar-refractivity contribution in [2.24, 2.45) is 0 Å². The maximum absolute atomic E-state index is 10.0. The Hall–Kier alpha value is -0.520. The predicted octanol–water partition coefficient (Wildman–Crippen LogP) is 1.83. The number of piperazine rings is 1. The first-order valence-corrected chi connectivity index (χ1v) is 6.92. The fraction of sp³-hybridized carbons (Fsp3) is 0.600. The van der Waals surface area contributed by atoms with Crippen LogP contribution in [0.4, 0.5) is 0 Å². The third-order valence-electron chi connectivity index (χ3n) is 3.53. The first-order chi connectivity index (χ1) is 9.13. The van der Waals surface area contributed by atoms with E-state index in [4.69, 9.17) is 4.74 Å². The van der Waals surface area contributed by atoms with Gasteiger partial charge in [-0.1, -0.05) is 17.7 Å². The number of rotatable bonds is 5. The van der Waals surface area contributed by atoms with Gasteiger partial charge in [0, 0.05) is 32.7 Å². The molecule has 1 heterocycles. The molecular weight excluding hydrogens is 311 g/mol. The number of likely N-dealkylation sites (N-methyl/N-ethyl adjacent to an activating group) is 1. The van der Waals surface area contributed by atoms with Crippen molar-refractivity contribution < 1.29 is 9.84 Å². The predicted molar refractivity (Wildman–Crippen MR) is 91.1 cm³/mol. The average molecular weight is 337 g/mol. The fourth-order valence-corrected chi connectivity index (χ4v) is 2.21. The van der Waals surface area contributed by atoms with Crippen LogP contribution in [0.2, 0.25) is 0 Å². The summed E-state index contributed by atoms with van der Waals surface area (Å²) in [7, 11) is 2.13. The Bertz CT molecular complexity index is 382. The van der Waals surface area contributed by atoms with Crippen molar-refractivity contribution in [1.82, 2.24) is 9.80 Å². The zero-order valence-corrected chi connectivity index (χ0v) is 14.3. The van der Waals surface area contributed by atoms with Gasteiger partial charge in [0.15, 0.2) is 0 Å². The molecule has 1 atom stereocenters. The molecule has 6 heteroatoms. The molecule has 21 heavy (non-hydrogen) atoms. The highest BCUT2D eigenvalue weighted by Crippen LogP contribution is 2.11. The van der Waals surface area contributed by atoms with E-state index < -0.39 is 6.10 Å². The van der Waals surface area contributed by atoms with Crippen LogP contribution >= 0.6 is 24.8 Å². The third kappa shape index (κ3) is 7.34. The molecule has 0 spiro atoms. The van der Waals surface area contributed by atoms with Crippen molar-refractivity contribution >= 4 is 24.8 Å². The molecule has 0 aromatic heterocycles. The van der Waals surface area contributed by atoms with Crippen molar-refractivity contribution in [3.05, 3.63) is 29.8 Å². The van der Waals surface area contributed by atoms with Crippen LogP contribution in [0.25, 0.3) is 0 Å². The summed E-state index contributed by atoms with van der Waals surface area (Å²) in [6.07, 6.45) is -0.426. The van der Waals surface area contributed by atoms with E-state index in [1.807, 2.05) is 31.2 Å². The molecule has 1 saturated heterocycles. The van der Waals surface area contributed by atoms with Crippen molar-refractivity contribution in [2.45, 2.75) is 13.0 Å². The van der Waals surface area contributed by atoms with Gasteiger partial charge in [-0.25, -0.2) is 0 Å². The lowest BCUT2D eigenvalue weighted by atomic mass is 10.2. The van der Waals surface area contributed by atoms with E-state index in [-0.39, 0.29) is 24.8 Å². The molecule has 0 amide bonds. The van der Waals surface area contributed by atoms with E-state index >= 15 is 0 Å². The van der Waals surface area contributed by atoms with E-state index in [0.717, 1.165) is 31.9 Å². The van der Waals surface area contributed by atoms with Gasteiger partial charge in [-0.05, 0) is 26.1 Å². The molecule has 1 aromatic rings. The largest absolute Gasteiger partial charge is 0.491 e. The normalized spacial score (nSPS) is 17.5. The monoisotopic (exact) mass is 336 g/mol. The number of aliphatic hydroxyl groups excluding tert-OH is 1. The zero-order valence-electron chi connectivity index (χ0n) is 12.7. The molecule has 122 valence electrons. The lowest BCUT2D eigenvalue weighted by molar-refractivity contribution is 0.0505. The van der Waals surface area contributed by atoms with Gasteiger partial charge in [0.05, 0.1) is 0 Å². The SMILES string of the molecule is Cc1ccc(OCC(O)CN2CCN(C)CC2)cc1.Cl.Cl. The molecule has 1 aliphatic heterocycles. The second-order valence-electron chi connectivity index (χ2n) is 5.38. The molecule has 1 aliphatic rings. The second kappa shape index (κ2) is 10.2. The Balaban J connectivity index is 0.00000200. The van der Waals surface area contributed by atoms with Crippen LogP contribution in [0.15, 0.2) is 24.3 Å². The molecule has 4 nitrogen and oxygen atoms in total. The van der Waals surface area contributed by atoms with Gasteiger partial charge in [-0.15, -0.1) is 24.8 Å². The van der Waals surface area contributed by atoms with Gasteiger partial charge in [0.1, 0.15) is 18.5 Å². The molecule has 1 unspecified atom stereocenters. The average Bonchev–Trinajstić information content (AvgIpc) is 2.41. The smallest absolute Gasteiger partial charge is 0.119 e. The van der Waals surface area contributed by atoms with E-state index in [1.165, 1.54) is 5.56 Å². The molecule has 0 aliphatic carbocycles. The number of aryl methyl sites for hydroxylation is 1. The quantitative estimate of drug-likeness (QED) is 0.889. The topological polar surface area (TPSA) is 35.9 Å². The summed E-state index contributed by atoms with van der Waals surface area (Å²) < 4.78 is 5.60. The van der Waals surface area contributed by atoms with Crippen LogP contribution < -0.4 is 4.74 Å². The minimum absolute atomic E-state index is 0. The molecule has 1 N–H and O–H groups in total. The van der Waals surface area contributed by atoms with Gasteiger partial charge in [0.2, 0.25) is 0 Å². The molecule has 1 fully saturated rings. The summed E-state index contributed by atoms with van der Waals surface area (Å²) >= 11 is 0. The summed E-state index contributed by atoms with van der Waals surface area (Å²) in [6, 6.07) is 7.92. The molecule has 1 aromatic carbocycles. The summed E-state index contributed by atoms with van der Waals surface area (Å²) in [5.74, 6) is 0.822. The van der Waals surface area contributed by atoms with Gasteiger partial charge in [-0.3, -0.25) is 4.90 Å². The highest BCUT2D eigenvalue weighted by molar-refractivity contribution is 5.85. The minimum Gasteiger partial charge on any atom is -0.491 e. The number of ether oxygens (including phenoxy) is 1. The van der Waals surface area contributed by atoms with E-state index in [0.29, 0.717) is 13.2 Å². The lowest BCUT2D eigenvalue weighted by Crippen LogP contribution is -2.47. The van der Waals surface area contributed by atoms with E-state index in [9.17, 15) is 5.11 Å². The Labute approximate surface area is 139 Å². The number of halogens is 2. The summed E-state index contributed by atoms with van der Waals surface area (Å²) in [6.45, 7) is 7.30. The summed E-state index contributed by atoms with van der Waals surface area (Å²) in [4.78, 5) is 4.61. The molecule has 0 bridgehead atoms. The number of hydrogen-bond acceptors (Lipinski definition) is 4. The van der Waals surface area contributed by atoms with Crippen molar-refractivity contribution in [2.75, 3.05) is 46.4 Å². The maximum atomic E-state index is 10.0. The van der Waals surface area contributed by atoms with Crippen LogP contribution in [0.5, 0.6) is 5.75 Å². The highest BCUT2D eigenvalue weighted by Gasteiger charge is 2.17. The van der Waals surface area contributed by atoms with Crippen LogP contribution in [0.1, 0.15) is 5.56 Å². The van der Waals surface area contributed by atoms with Gasteiger partial charge in [-0.2, -0.15) is 0 Å². The summed E-state index contributed by atoms with van der Waals surface area (Å²) in [5, 5.41) is 10.0. The maximum Gasteiger partial charge on any atom is 0.119 e. The molecule has 0 saturated carbocycles. The lowest BCUT2D eigenvalue weighted by Gasteiger charge is -2.33. The first kappa shape index (κ1) is 20.5. The van der Waals surface area contributed by atoms with Gasteiger partial charge in [0.25, 0.3) is 0 Å². The van der Waals surface area contributed by atoms with E-state index in [1.54, 1.807) is 0 Å². The number of aliphatic hydroxyl groups is 1. The Morgan fingerprint density at radius 1 is 1.10 bits per heavy atom. The Morgan fingerprint density at radius 3 is 2.24 bits per heavy atom. The highest BCUT2D eigenvalue weighted by atomic mass is 35.5. The fourth-order valence-electron chi connectivity index (χ4n) is 2.21. The summed E-state index contributed by atoms with van der Waals surface area (Å²) in [5.41, 5.74) is 1.21. The van der Waals surface area contributed by atoms with Crippen LogP contribution in [0.3, 0.4) is 0 Å². The third-order valence-corrected chi connectivity index (χ3v) is 3.53. The molecule has 0 radical (unpaired) electrons. The van der Waals surface area contributed by atoms with Crippen LogP contribution in [0, 0.1) is 6.92 Å². The van der Waals surface area contributed by atoms with Crippen molar-refractivity contribution in [3.8, 4) is 5.75 Å². The number of benzene rings is 1. The number of β-amino-alcohol motifs (C(OH)–C–C–N with tert-alkyl or cyclic N) is 1.